The van der Waals surface area contributed by atoms with Crippen LogP contribution in [0.15, 0.2) is 47.4 Å². The molecular weight excluding hydrogens is 437 g/mol. The smallest absolute Gasteiger partial charge is 0.433 e. The lowest BCUT2D eigenvalue weighted by Gasteiger charge is -2.11. The summed E-state index contributed by atoms with van der Waals surface area (Å²) in [6.07, 6.45) is -4.59. The number of alkyl halides is 3. The molecule has 0 radical (unpaired) electrons. The number of hydrogen-bond acceptors (Lipinski definition) is 4. The predicted molar refractivity (Wildman–Crippen MR) is 112 cm³/mol. The number of carbonyl (C=O) groups excluding carboxylic acids is 1. The molecule has 0 bridgehead atoms. The zero-order valence-electron chi connectivity index (χ0n) is 16.1. The molecule has 0 aliphatic carbocycles. The Morgan fingerprint density at radius 3 is 2.43 bits per heavy atom. The molecule has 0 unspecified atom stereocenters. The summed E-state index contributed by atoms with van der Waals surface area (Å²) >= 11 is 7.63. The van der Waals surface area contributed by atoms with Crippen LogP contribution in [0, 0.1) is 6.92 Å². The predicted octanol–water partition coefficient (Wildman–Crippen LogP) is 6.38. The number of aromatic nitrogens is 2. The van der Waals surface area contributed by atoms with E-state index in [0.29, 0.717) is 21.9 Å². The summed E-state index contributed by atoms with van der Waals surface area (Å²) in [6.45, 7) is 3.41. The van der Waals surface area contributed by atoms with Crippen LogP contribution in [0.2, 0.25) is 5.02 Å². The van der Waals surface area contributed by atoms with E-state index in [1.165, 1.54) is 24.8 Å². The molecule has 158 valence electrons. The third-order valence-electron chi connectivity index (χ3n) is 4.30. The van der Waals surface area contributed by atoms with E-state index in [0.717, 1.165) is 10.5 Å². The summed E-state index contributed by atoms with van der Waals surface area (Å²) in [5, 5.41) is 6.48. The van der Waals surface area contributed by atoms with Gasteiger partial charge in [-0.3, -0.25) is 9.89 Å². The number of ether oxygens (including phenoxy) is 1. The Labute approximate surface area is 180 Å². The first kappa shape index (κ1) is 22.2. The molecule has 4 nitrogen and oxygen atoms in total. The van der Waals surface area contributed by atoms with Crippen LogP contribution in [0.25, 0.3) is 22.4 Å². The van der Waals surface area contributed by atoms with Gasteiger partial charge in [-0.2, -0.15) is 18.3 Å². The van der Waals surface area contributed by atoms with Crippen molar-refractivity contribution in [2.24, 2.45) is 0 Å². The Morgan fingerprint density at radius 1 is 1.17 bits per heavy atom. The maximum Gasteiger partial charge on any atom is 0.433 e. The SMILES string of the molecule is CC(=O)OCCSc1ccc(-c2n[nH]c(C(F)(F)F)c2-c2ccc(C)c(Cl)c2)cc1. The lowest BCUT2D eigenvalue weighted by molar-refractivity contribution is -0.141. The molecule has 1 aromatic heterocycles. The zero-order chi connectivity index (χ0) is 21.9. The minimum atomic E-state index is -4.59. The van der Waals surface area contributed by atoms with E-state index in [1.807, 2.05) is 0 Å². The van der Waals surface area contributed by atoms with Gasteiger partial charge in [0, 0.05) is 33.7 Å². The summed E-state index contributed by atoms with van der Waals surface area (Å²) in [7, 11) is 0. The van der Waals surface area contributed by atoms with Gasteiger partial charge in [0.2, 0.25) is 0 Å². The van der Waals surface area contributed by atoms with Crippen molar-refractivity contribution in [2.75, 3.05) is 12.4 Å². The number of esters is 1. The van der Waals surface area contributed by atoms with Crippen molar-refractivity contribution in [1.29, 1.82) is 0 Å². The van der Waals surface area contributed by atoms with E-state index in [4.69, 9.17) is 16.3 Å². The molecule has 0 amide bonds. The zero-order valence-corrected chi connectivity index (χ0v) is 17.7. The second-order valence-electron chi connectivity index (χ2n) is 6.50. The van der Waals surface area contributed by atoms with Crippen LogP contribution < -0.4 is 0 Å². The summed E-state index contributed by atoms with van der Waals surface area (Å²) < 4.78 is 45.7. The highest BCUT2D eigenvalue weighted by Gasteiger charge is 2.38. The third-order valence-corrected chi connectivity index (χ3v) is 5.68. The Morgan fingerprint density at radius 2 is 1.83 bits per heavy atom. The van der Waals surface area contributed by atoms with Crippen molar-refractivity contribution in [2.45, 2.75) is 24.9 Å². The number of hydrogen-bond donors (Lipinski definition) is 1. The standard InChI is InChI=1S/C21H18ClF3N2O2S/c1-12-3-4-15(11-17(12)22)18-19(26-27-20(18)21(23,24)25)14-5-7-16(8-6-14)30-10-9-29-13(2)28/h3-8,11H,9-10H2,1-2H3,(H,26,27). The van der Waals surface area contributed by atoms with Gasteiger partial charge in [-0.05, 0) is 36.2 Å². The van der Waals surface area contributed by atoms with Crippen LogP contribution in [-0.2, 0) is 15.7 Å². The molecule has 3 rings (SSSR count). The first-order valence-electron chi connectivity index (χ1n) is 8.95. The summed E-state index contributed by atoms with van der Waals surface area (Å²) in [5.74, 6) is 0.237. The van der Waals surface area contributed by atoms with E-state index in [9.17, 15) is 18.0 Å². The lowest BCUT2D eigenvalue weighted by atomic mass is 9.98. The Hall–Kier alpha value is -2.45. The van der Waals surface area contributed by atoms with Crippen molar-refractivity contribution >= 4 is 29.3 Å². The molecule has 1 N–H and O–H groups in total. The van der Waals surface area contributed by atoms with Crippen molar-refractivity contribution in [3.8, 4) is 22.4 Å². The molecule has 1 heterocycles. The summed E-state index contributed by atoms with van der Waals surface area (Å²) in [6, 6.07) is 11.8. The highest BCUT2D eigenvalue weighted by molar-refractivity contribution is 7.99. The second kappa shape index (κ2) is 9.14. The van der Waals surface area contributed by atoms with Crippen LogP contribution in [0.4, 0.5) is 13.2 Å². The number of aryl methyl sites for hydroxylation is 1. The fourth-order valence-corrected chi connectivity index (χ4v) is 3.75. The molecule has 0 spiro atoms. The molecule has 30 heavy (non-hydrogen) atoms. The molecule has 0 saturated carbocycles. The molecule has 9 heteroatoms. The minimum absolute atomic E-state index is 0.0420. The topological polar surface area (TPSA) is 55.0 Å². The summed E-state index contributed by atoms with van der Waals surface area (Å²) in [4.78, 5) is 11.7. The Balaban J connectivity index is 1.93. The van der Waals surface area contributed by atoms with Gasteiger partial charge in [-0.1, -0.05) is 35.9 Å². The molecule has 2 aromatic carbocycles. The van der Waals surface area contributed by atoms with Gasteiger partial charge >= 0.3 is 12.1 Å². The highest BCUT2D eigenvalue weighted by atomic mass is 35.5. The lowest BCUT2D eigenvalue weighted by Crippen LogP contribution is -2.07. The number of carbonyl (C=O) groups is 1. The average molecular weight is 455 g/mol. The minimum Gasteiger partial charge on any atom is -0.465 e. The van der Waals surface area contributed by atoms with Crippen molar-refractivity contribution in [3.63, 3.8) is 0 Å². The average Bonchev–Trinajstić information content (AvgIpc) is 3.13. The Bertz CT molecular complexity index is 1050. The van der Waals surface area contributed by atoms with Crippen molar-refractivity contribution < 1.29 is 22.7 Å². The Kier molecular flexibility index (Phi) is 6.77. The number of halogens is 4. The largest absolute Gasteiger partial charge is 0.465 e. The molecule has 0 aliphatic heterocycles. The molecule has 0 atom stereocenters. The maximum atomic E-state index is 13.6. The fraction of sp³-hybridized carbons (Fsp3) is 0.238. The third kappa shape index (κ3) is 5.17. The maximum absolute atomic E-state index is 13.6. The number of nitrogens with zero attached hydrogens (tertiary/aromatic N) is 1. The quantitative estimate of drug-likeness (QED) is 0.267. The number of benzene rings is 2. The van der Waals surface area contributed by atoms with Crippen LogP contribution in [0.3, 0.4) is 0 Å². The van der Waals surface area contributed by atoms with Crippen LogP contribution in [-0.4, -0.2) is 28.5 Å². The van der Waals surface area contributed by atoms with Gasteiger partial charge in [-0.15, -0.1) is 11.8 Å². The highest BCUT2D eigenvalue weighted by Crippen LogP contribution is 2.42. The molecule has 0 aliphatic rings. The normalized spacial score (nSPS) is 11.5. The van der Waals surface area contributed by atoms with Crippen molar-refractivity contribution in [1.82, 2.24) is 10.2 Å². The van der Waals surface area contributed by atoms with E-state index < -0.39 is 11.9 Å². The number of H-pyrrole nitrogens is 1. The van der Waals surface area contributed by atoms with Gasteiger partial charge in [0.1, 0.15) is 18.0 Å². The second-order valence-corrected chi connectivity index (χ2v) is 8.07. The van der Waals surface area contributed by atoms with Gasteiger partial charge in [0.15, 0.2) is 0 Å². The monoisotopic (exact) mass is 454 g/mol. The molecule has 0 saturated heterocycles. The number of thioether (sulfide) groups is 1. The number of nitrogens with one attached hydrogen (secondary N) is 1. The molecule has 0 fully saturated rings. The first-order valence-corrected chi connectivity index (χ1v) is 10.3. The summed E-state index contributed by atoms with van der Waals surface area (Å²) in [5.41, 5.74) is 0.879. The first-order chi connectivity index (χ1) is 14.2. The van der Waals surface area contributed by atoms with E-state index >= 15 is 0 Å². The van der Waals surface area contributed by atoms with Gasteiger partial charge in [0.05, 0.1) is 0 Å². The van der Waals surface area contributed by atoms with E-state index in [1.54, 1.807) is 43.3 Å². The fourth-order valence-electron chi connectivity index (χ4n) is 2.84. The van der Waals surface area contributed by atoms with Gasteiger partial charge in [0.25, 0.3) is 0 Å². The van der Waals surface area contributed by atoms with Crippen LogP contribution in [0.5, 0.6) is 0 Å². The van der Waals surface area contributed by atoms with E-state index in [-0.39, 0.29) is 23.8 Å². The van der Waals surface area contributed by atoms with Crippen LogP contribution in [0.1, 0.15) is 18.2 Å². The van der Waals surface area contributed by atoms with E-state index in [2.05, 4.69) is 10.2 Å². The van der Waals surface area contributed by atoms with Crippen LogP contribution >= 0.6 is 23.4 Å². The molecular formula is C21H18ClF3N2O2S. The number of aromatic amines is 1. The number of rotatable bonds is 6. The van der Waals surface area contributed by atoms with Gasteiger partial charge < -0.3 is 4.74 Å². The van der Waals surface area contributed by atoms with Crippen molar-refractivity contribution in [3.05, 3.63) is 58.7 Å². The molecule has 3 aromatic rings. The van der Waals surface area contributed by atoms with Gasteiger partial charge in [-0.25, -0.2) is 0 Å².